The van der Waals surface area contributed by atoms with Gasteiger partial charge in [-0.3, -0.25) is 0 Å². The predicted octanol–water partition coefficient (Wildman–Crippen LogP) is 0.936. The van der Waals surface area contributed by atoms with Gasteiger partial charge in [0.15, 0.2) is 21.4 Å². The number of hydrogen-bond donors (Lipinski definition) is 1. The van der Waals surface area contributed by atoms with E-state index in [1.54, 1.807) is 0 Å². The minimum Gasteiger partial charge on any atom is -0.492 e. The van der Waals surface area contributed by atoms with Crippen LogP contribution in [0.15, 0.2) is 17.0 Å². The van der Waals surface area contributed by atoms with Gasteiger partial charge in [-0.1, -0.05) is 0 Å². The van der Waals surface area contributed by atoms with E-state index in [0.717, 1.165) is 25.5 Å². The molecule has 1 N–H and O–H groups in total. The van der Waals surface area contributed by atoms with E-state index in [9.17, 15) is 17.6 Å². The number of benzene rings is 1. The first-order valence-corrected chi connectivity index (χ1v) is 5.98. The number of carboxylic acid groups (broad SMARTS) is 1. The molecule has 16 heavy (non-hydrogen) atoms. The van der Waals surface area contributed by atoms with Gasteiger partial charge >= 0.3 is 5.97 Å². The Morgan fingerprint density at radius 2 is 2.00 bits per heavy atom. The zero-order valence-corrected chi connectivity index (χ0v) is 9.34. The van der Waals surface area contributed by atoms with Crippen LogP contribution in [0.2, 0.25) is 0 Å². The van der Waals surface area contributed by atoms with E-state index in [1.165, 1.54) is 0 Å². The summed E-state index contributed by atoms with van der Waals surface area (Å²) in [4.78, 5) is 10.2. The fraction of sp³-hybridized carbons (Fsp3) is 0.222. The van der Waals surface area contributed by atoms with E-state index in [-0.39, 0.29) is 0 Å². The van der Waals surface area contributed by atoms with Crippen LogP contribution >= 0.6 is 0 Å². The largest absolute Gasteiger partial charge is 0.492 e. The standard InChI is InChI=1S/C9H9FO5S/c1-15-7-6(10)4-3-5(9(11)12)8(7)16(2,13)14/h3-4H,1-2H3,(H,11,12). The highest BCUT2D eigenvalue weighted by Crippen LogP contribution is 2.30. The van der Waals surface area contributed by atoms with Crippen molar-refractivity contribution in [2.24, 2.45) is 0 Å². The summed E-state index contributed by atoms with van der Waals surface area (Å²) in [5.74, 6) is -2.96. The fourth-order valence-corrected chi connectivity index (χ4v) is 2.34. The molecular weight excluding hydrogens is 239 g/mol. The predicted molar refractivity (Wildman–Crippen MR) is 53.0 cm³/mol. The number of carbonyl (C=O) groups is 1. The average molecular weight is 248 g/mol. The van der Waals surface area contributed by atoms with E-state index in [1.807, 2.05) is 0 Å². The molecular formula is C9H9FO5S. The molecule has 0 saturated heterocycles. The van der Waals surface area contributed by atoms with Crippen LogP contribution in [0.1, 0.15) is 10.4 Å². The van der Waals surface area contributed by atoms with Crippen molar-refractivity contribution in [3.63, 3.8) is 0 Å². The van der Waals surface area contributed by atoms with E-state index in [2.05, 4.69) is 4.74 Å². The minimum absolute atomic E-state index is 0.513. The maximum absolute atomic E-state index is 13.2. The maximum atomic E-state index is 13.2. The first-order valence-electron chi connectivity index (χ1n) is 4.09. The lowest BCUT2D eigenvalue weighted by atomic mass is 10.2. The lowest BCUT2D eigenvalue weighted by Crippen LogP contribution is -2.10. The molecule has 5 nitrogen and oxygen atoms in total. The number of carboxylic acids is 1. The van der Waals surface area contributed by atoms with Crippen LogP contribution in [0.5, 0.6) is 5.75 Å². The van der Waals surface area contributed by atoms with Crippen LogP contribution in [0.4, 0.5) is 4.39 Å². The average Bonchev–Trinajstić information content (AvgIpc) is 2.15. The zero-order chi connectivity index (χ0) is 12.5. The quantitative estimate of drug-likeness (QED) is 0.860. The minimum atomic E-state index is -3.89. The Bertz CT molecular complexity index is 535. The van der Waals surface area contributed by atoms with Crippen molar-refractivity contribution >= 4 is 15.8 Å². The van der Waals surface area contributed by atoms with Gasteiger partial charge in [0, 0.05) is 6.26 Å². The summed E-state index contributed by atoms with van der Waals surface area (Å²) in [5, 5.41) is 8.80. The maximum Gasteiger partial charge on any atom is 0.337 e. The second kappa shape index (κ2) is 4.09. The first-order chi connectivity index (χ1) is 7.29. The molecule has 0 aliphatic heterocycles. The monoisotopic (exact) mass is 248 g/mol. The molecule has 0 atom stereocenters. The third-order valence-corrected chi connectivity index (χ3v) is 3.02. The van der Waals surface area contributed by atoms with Crippen LogP contribution in [0, 0.1) is 5.82 Å². The Morgan fingerprint density at radius 3 is 2.38 bits per heavy atom. The molecule has 0 spiro atoms. The van der Waals surface area contributed by atoms with Gasteiger partial charge in [0.1, 0.15) is 4.90 Å². The van der Waals surface area contributed by atoms with Crippen molar-refractivity contribution in [1.29, 1.82) is 0 Å². The third kappa shape index (κ3) is 2.13. The van der Waals surface area contributed by atoms with Crippen molar-refractivity contribution in [3.8, 4) is 5.75 Å². The zero-order valence-electron chi connectivity index (χ0n) is 8.52. The number of sulfone groups is 1. The summed E-state index contributed by atoms with van der Waals surface area (Å²) in [7, 11) is -2.82. The molecule has 0 bridgehead atoms. The summed E-state index contributed by atoms with van der Waals surface area (Å²) < 4.78 is 40.6. The topological polar surface area (TPSA) is 80.7 Å². The summed E-state index contributed by atoms with van der Waals surface area (Å²) in [5.41, 5.74) is -0.513. The van der Waals surface area contributed by atoms with Gasteiger partial charge in [-0.25, -0.2) is 17.6 Å². The second-order valence-corrected chi connectivity index (χ2v) is 4.99. The van der Waals surface area contributed by atoms with Crippen molar-refractivity contribution in [3.05, 3.63) is 23.5 Å². The molecule has 0 aliphatic carbocycles. The van der Waals surface area contributed by atoms with E-state index < -0.39 is 37.8 Å². The Hall–Kier alpha value is -1.63. The van der Waals surface area contributed by atoms with Gasteiger partial charge in [-0.15, -0.1) is 0 Å². The molecule has 1 aromatic rings. The van der Waals surface area contributed by atoms with Crippen molar-refractivity contribution in [1.82, 2.24) is 0 Å². The molecule has 0 heterocycles. The van der Waals surface area contributed by atoms with Crippen molar-refractivity contribution in [2.75, 3.05) is 13.4 Å². The molecule has 0 amide bonds. The highest BCUT2D eigenvalue weighted by atomic mass is 32.2. The van der Waals surface area contributed by atoms with Crippen molar-refractivity contribution < 1.29 is 27.4 Å². The van der Waals surface area contributed by atoms with E-state index in [0.29, 0.717) is 0 Å². The molecule has 1 rings (SSSR count). The highest BCUT2D eigenvalue weighted by molar-refractivity contribution is 7.90. The van der Waals surface area contributed by atoms with Gasteiger partial charge < -0.3 is 9.84 Å². The second-order valence-electron chi connectivity index (χ2n) is 3.03. The lowest BCUT2D eigenvalue weighted by molar-refractivity contribution is 0.0691. The first kappa shape index (κ1) is 12.4. The number of methoxy groups -OCH3 is 1. The summed E-state index contributed by atoms with van der Waals surface area (Å²) >= 11 is 0. The van der Waals surface area contributed by atoms with Crippen LogP contribution in [0.25, 0.3) is 0 Å². The third-order valence-electron chi connectivity index (χ3n) is 1.87. The number of hydrogen-bond acceptors (Lipinski definition) is 4. The Morgan fingerprint density at radius 1 is 1.44 bits per heavy atom. The summed E-state index contributed by atoms with van der Waals surface area (Å²) in [6.07, 6.45) is 0.788. The van der Waals surface area contributed by atoms with Gasteiger partial charge in [0.2, 0.25) is 0 Å². The van der Waals surface area contributed by atoms with Crippen LogP contribution in [0.3, 0.4) is 0 Å². The van der Waals surface area contributed by atoms with Gasteiger partial charge in [-0.2, -0.15) is 0 Å². The number of rotatable bonds is 3. The van der Waals surface area contributed by atoms with Gasteiger partial charge in [0.05, 0.1) is 12.7 Å². The van der Waals surface area contributed by atoms with Gasteiger partial charge in [-0.05, 0) is 12.1 Å². The molecule has 0 radical (unpaired) electrons. The number of aromatic carboxylic acids is 1. The Balaban J connectivity index is 3.75. The van der Waals surface area contributed by atoms with Crippen LogP contribution < -0.4 is 4.74 Å². The molecule has 0 unspecified atom stereocenters. The van der Waals surface area contributed by atoms with E-state index in [4.69, 9.17) is 5.11 Å². The normalized spacial score (nSPS) is 11.2. The number of halogens is 1. The fourth-order valence-electron chi connectivity index (χ4n) is 1.27. The molecule has 88 valence electrons. The summed E-state index contributed by atoms with van der Waals surface area (Å²) in [6.45, 7) is 0. The molecule has 1 aromatic carbocycles. The van der Waals surface area contributed by atoms with Crippen molar-refractivity contribution in [2.45, 2.75) is 4.90 Å². The Labute approximate surface area is 91.4 Å². The molecule has 0 saturated carbocycles. The highest BCUT2D eigenvalue weighted by Gasteiger charge is 2.26. The molecule has 0 fully saturated rings. The van der Waals surface area contributed by atoms with E-state index >= 15 is 0 Å². The smallest absolute Gasteiger partial charge is 0.337 e. The SMILES string of the molecule is COc1c(F)ccc(C(=O)O)c1S(C)(=O)=O. The molecule has 0 aromatic heterocycles. The molecule has 7 heteroatoms. The number of ether oxygens (including phenoxy) is 1. The lowest BCUT2D eigenvalue weighted by Gasteiger charge is -2.10. The summed E-state index contributed by atoms with van der Waals surface area (Å²) in [6, 6.07) is 1.73. The van der Waals surface area contributed by atoms with Crippen LogP contribution in [-0.4, -0.2) is 32.9 Å². The molecule has 0 aliphatic rings. The van der Waals surface area contributed by atoms with Gasteiger partial charge in [0.25, 0.3) is 0 Å². The van der Waals surface area contributed by atoms with Crippen LogP contribution in [-0.2, 0) is 9.84 Å². The Kier molecular flexibility index (Phi) is 3.18.